The molecular weight excluding hydrogens is 405 g/mol. The van der Waals surface area contributed by atoms with Crippen molar-refractivity contribution >= 4 is 29.3 Å². The largest absolute Gasteiger partial charge is 0.470 e. The molecule has 0 aliphatic carbocycles. The molecule has 0 unspecified atom stereocenters. The second kappa shape index (κ2) is 9.03. The van der Waals surface area contributed by atoms with Crippen molar-refractivity contribution in [2.45, 2.75) is 18.3 Å². The van der Waals surface area contributed by atoms with Crippen LogP contribution in [0.4, 0.5) is 0 Å². The molecule has 15 nitrogen and oxygen atoms in total. The van der Waals surface area contributed by atoms with Gasteiger partial charge in [0, 0.05) is 0 Å². The Bertz CT molecular complexity index is 556. The molecule has 144 valence electrons. The van der Waals surface area contributed by atoms with Gasteiger partial charge in [0.15, 0.2) is 5.78 Å². The van der Waals surface area contributed by atoms with Gasteiger partial charge < -0.3 is 39.6 Å². The maximum atomic E-state index is 11.2. The molecule has 0 aromatic rings. The predicted molar refractivity (Wildman–Crippen MR) is 69.9 cm³/mol. The molecule has 0 saturated carbocycles. The van der Waals surface area contributed by atoms with E-state index in [4.69, 9.17) is 34.5 Å². The van der Waals surface area contributed by atoms with Crippen molar-refractivity contribution in [2.24, 2.45) is 0 Å². The Hall–Kier alpha value is -0.0800. The number of phosphoric ester groups is 3. The van der Waals surface area contributed by atoms with Gasteiger partial charge in [0.25, 0.3) is 0 Å². The van der Waals surface area contributed by atoms with E-state index in [1.165, 1.54) is 0 Å². The molecule has 0 amide bonds. The molecule has 0 rings (SSSR count). The Balaban J connectivity index is 5.66. The normalized spacial score (nSPS) is 17.3. The zero-order valence-electron chi connectivity index (χ0n) is 11.4. The van der Waals surface area contributed by atoms with Gasteiger partial charge in [-0.1, -0.05) is 0 Å². The maximum Gasteiger partial charge on any atom is 0.470 e. The van der Waals surface area contributed by atoms with E-state index in [2.05, 4.69) is 13.6 Å². The van der Waals surface area contributed by atoms with Gasteiger partial charge >= 0.3 is 23.5 Å². The minimum Gasteiger partial charge on any atom is -0.388 e. The first-order valence-electron chi connectivity index (χ1n) is 5.55. The van der Waals surface area contributed by atoms with Crippen molar-refractivity contribution in [1.82, 2.24) is 0 Å². The molecular formula is C6H15O15P3. The van der Waals surface area contributed by atoms with Crippen molar-refractivity contribution in [2.75, 3.05) is 13.2 Å². The fourth-order valence-corrected chi connectivity index (χ4v) is 2.74. The Morgan fingerprint density at radius 2 is 1.33 bits per heavy atom. The fourth-order valence-electron chi connectivity index (χ4n) is 1.30. The van der Waals surface area contributed by atoms with Crippen LogP contribution in [0.3, 0.4) is 0 Å². The van der Waals surface area contributed by atoms with Crippen LogP contribution < -0.4 is 0 Å². The Kier molecular flexibility index (Phi) is 9.00. The third-order valence-electron chi connectivity index (χ3n) is 2.10. The number of Topliss-reactive ketones (excluding diaryl/α,β-unsaturated/α-hetero) is 1. The van der Waals surface area contributed by atoms with Crippen LogP contribution in [0.2, 0.25) is 0 Å². The van der Waals surface area contributed by atoms with Gasteiger partial charge in [-0.05, 0) is 0 Å². The van der Waals surface area contributed by atoms with Gasteiger partial charge in [-0.25, -0.2) is 13.7 Å². The lowest BCUT2D eigenvalue weighted by molar-refractivity contribution is -0.141. The van der Waals surface area contributed by atoms with Crippen LogP contribution >= 0.6 is 23.5 Å². The van der Waals surface area contributed by atoms with Crippen LogP contribution in [-0.2, 0) is 32.1 Å². The van der Waals surface area contributed by atoms with Crippen LogP contribution in [0.5, 0.6) is 0 Å². The van der Waals surface area contributed by atoms with E-state index in [1.54, 1.807) is 0 Å². The molecule has 3 atom stereocenters. The van der Waals surface area contributed by atoms with Gasteiger partial charge in [0.05, 0.1) is 6.61 Å². The Morgan fingerprint density at radius 1 is 0.875 bits per heavy atom. The predicted octanol–water partition coefficient (Wildman–Crippen LogP) is -3.03. The molecule has 0 aliphatic heterocycles. The summed E-state index contributed by atoms with van der Waals surface area (Å²) >= 11 is 0. The van der Waals surface area contributed by atoms with Gasteiger partial charge in [-0.15, -0.1) is 0 Å². The van der Waals surface area contributed by atoms with Crippen LogP contribution in [0, 0.1) is 0 Å². The summed E-state index contributed by atoms with van der Waals surface area (Å²) in [7, 11) is -16.2. The van der Waals surface area contributed by atoms with Crippen molar-refractivity contribution in [3.05, 3.63) is 0 Å². The topological polar surface area (TPSA) is 258 Å². The zero-order valence-corrected chi connectivity index (χ0v) is 14.1. The molecule has 0 radical (unpaired) electrons. The summed E-state index contributed by atoms with van der Waals surface area (Å²) in [5.74, 6) is -1.50. The van der Waals surface area contributed by atoms with Gasteiger partial charge in [-0.3, -0.25) is 18.4 Å². The van der Waals surface area contributed by atoms with Gasteiger partial charge in [-0.2, -0.15) is 0 Å². The number of aliphatic hydroxyl groups is 2. The number of carbonyl (C=O) groups is 1. The van der Waals surface area contributed by atoms with E-state index in [0.29, 0.717) is 0 Å². The molecule has 0 aromatic heterocycles. The average Bonchev–Trinajstić information content (AvgIpc) is 2.36. The summed E-state index contributed by atoms with van der Waals surface area (Å²) in [6.45, 7) is -2.81. The van der Waals surface area contributed by atoms with Crippen molar-refractivity contribution in [3.63, 3.8) is 0 Å². The Morgan fingerprint density at radius 3 is 1.67 bits per heavy atom. The third kappa shape index (κ3) is 10.7. The summed E-state index contributed by atoms with van der Waals surface area (Å²) in [4.78, 5) is 63.2. The second-order valence-electron chi connectivity index (χ2n) is 4.05. The van der Waals surface area contributed by atoms with E-state index >= 15 is 0 Å². The smallest absolute Gasteiger partial charge is 0.388 e. The summed E-state index contributed by atoms with van der Waals surface area (Å²) in [5, 5.41) is 18.2. The standard InChI is InChI=1S/C6H15O15P3/c7-1-3(8)5(9)6(21-24(16,17)18)4(20-23(13,14)15)2-19-22(10,11)12/h4-7,9H,1-2H2,(H2,10,11,12)(H2,13,14,15)(H2,16,17,18)/t4-,5+,6+/m0/s1. The highest BCUT2D eigenvalue weighted by Gasteiger charge is 2.42. The molecule has 0 fully saturated rings. The number of hydrogen-bond acceptors (Lipinski definition) is 9. The molecule has 8 N–H and O–H groups in total. The van der Waals surface area contributed by atoms with Gasteiger partial charge in [0.2, 0.25) is 0 Å². The van der Waals surface area contributed by atoms with Crippen LogP contribution in [0.1, 0.15) is 0 Å². The molecule has 0 bridgehead atoms. The summed E-state index contributed by atoms with van der Waals surface area (Å²) in [6.07, 6.45) is -7.55. The summed E-state index contributed by atoms with van der Waals surface area (Å²) < 4.78 is 44.2. The van der Waals surface area contributed by atoms with E-state index in [0.717, 1.165) is 0 Å². The first kappa shape index (κ1) is 23.9. The highest BCUT2D eigenvalue weighted by Crippen LogP contribution is 2.45. The van der Waals surface area contributed by atoms with Crippen molar-refractivity contribution in [3.8, 4) is 0 Å². The van der Waals surface area contributed by atoms with E-state index in [9.17, 15) is 23.6 Å². The van der Waals surface area contributed by atoms with Crippen LogP contribution in [-0.4, -0.2) is 76.9 Å². The minimum absolute atomic E-state index is 1.36. The molecule has 0 aromatic carbocycles. The molecule has 0 aliphatic rings. The molecule has 0 saturated heterocycles. The highest BCUT2D eigenvalue weighted by molar-refractivity contribution is 7.47. The molecule has 0 spiro atoms. The van der Waals surface area contributed by atoms with Gasteiger partial charge in [0.1, 0.15) is 24.9 Å². The average molecular weight is 420 g/mol. The van der Waals surface area contributed by atoms with Crippen LogP contribution in [0.25, 0.3) is 0 Å². The highest BCUT2D eigenvalue weighted by atomic mass is 31.2. The number of carbonyl (C=O) groups excluding carboxylic acids is 1. The number of hydrogen-bond donors (Lipinski definition) is 8. The van der Waals surface area contributed by atoms with Crippen LogP contribution in [0.15, 0.2) is 0 Å². The quantitative estimate of drug-likeness (QED) is 0.155. The third-order valence-corrected chi connectivity index (χ3v) is 3.65. The first-order chi connectivity index (χ1) is 10.6. The van der Waals surface area contributed by atoms with Crippen molar-refractivity contribution in [1.29, 1.82) is 0 Å². The van der Waals surface area contributed by atoms with E-state index < -0.39 is 60.8 Å². The second-order valence-corrected chi connectivity index (χ2v) is 7.67. The number of rotatable bonds is 11. The lowest BCUT2D eigenvalue weighted by atomic mass is 10.1. The number of aliphatic hydroxyl groups excluding tert-OH is 2. The van der Waals surface area contributed by atoms with E-state index in [-0.39, 0.29) is 0 Å². The summed E-state index contributed by atoms with van der Waals surface area (Å²) in [6, 6.07) is 0. The fraction of sp³-hybridized carbons (Fsp3) is 0.833. The molecule has 18 heteroatoms. The monoisotopic (exact) mass is 420 g/mol. The van der Waals surface area contributed by atoms with E-state index in [1.807, 2.05) is 0 Å². The van der Waals surface area contributed by atoms with Crippen molar-refractivity contribution < 1.29 is 71.6 Å². The first-order valence-corrected chi connectivity index (χ1v) is 10.1. The maximum absolute atomic E-state index is 11.2. The summed E-state index contributed by atoms with van der Waals surface area (Å²) in [5.41, 5.74) is 0. The molecule has 24 heavy (non-hydrogen) atoms. The Labute approximate surface area is 133 Å². The SMILES string of the molecule is O=C(CO)[C@@H](O)[C@H](OP(=O)(O)O)[C@H](COP(=O)(O)O)OP(=O)(O)O. The molecule has 0 heterocycles. The lowest BCUT2D eigenvalue weighted by Crippen LogP contribution is -2.47. The number of phosphoric acid groups is 3. The lowest BCUT2D eigenvalue weighted by Gasteiger charge is -2.29. The zero-order chi connectivity index (χ0) is 19.3. The number of ketones is 1. The minimum atomic E-state index is -5.49.